The number of pyridine rings is 1. The smallest absolute Gasteiger partial charge is 0.270 e. The molecule has 0 bridgehead atoms. The summed E-state index contributed by atoms with van der Waals surface area (Å²) in [6, 6.07) is 8.28. The van der Waals surface area contributed by atoms with Gasteiger partial charge in [0.05, 0.1) is 10.4 Å². The van der Waals surface area contributed by atoms with E-state index in [0.29, 0.717) is 22.4 Å². The van der Waals surface area contributed by atoms with Gasteiger partial charge < -0.3 is 4.42 Å². The molecule has 0 N–H and O–H groups in total. The first-order valence-corrected chi connectivity index (χ1v) is 6.58. The number of non-ortho nitro benzene ring substituents is 1. The SMILES string of the molecule is Cn1nc(-c2cc3cnccc3o2)c2cc([N+](=O)[O-])ccc21. The summed E-state index contributed by atoms with van der Waals surface area (Å²) >= 11 is 0. The Bertz CT molecular complexity index is 999. The summed E-state index contributed by atoms with van der Waals surface area (Å²) < 4.78 is 7.47. The van der Waals surface area contributed by atoms with Gasteiger partial charge in [0.15, 0.2) is 5.76 Å². The molecule has 7 heteroatoms. The van der Waals surface area contributed by atoms with Crippen molar-refractivity contribution in [3.05, 3.63) is 52.8 Å². The normalized spacial score (nSPS) is 11.3. The first-order chi connectivity index (χ1) is 10.6. The molecule has 0 radical (unpaired) electrons. The predicted octanol–water partition coefficient (Wildman–Crippen LogP) is 3.29. The molecule has 22 heavy (non-hydrogen) atoms. The molecule has 0 atom stereocenters. The minimum absolute atomic E-state index is 0.0273. The minimum Gasteiger partial charge on any atom is -0.454 e. The van der Waals surface area contributed by atoms with Crippen molar-refractivity contribution in [3.8, 4) is 11.5 Å². The fraction of sp³-hybridized carbons (Fsp3) is 0.0667. The standard InChI is InChI=1S/C15H10N4O3/c1-18-12-3-2-10(19(20)21)7-11(12)15(17-18)14-6-9-8-16-5-4-13(9)22-14/h2-8H,1H3. The predicted molar refractivity (Wildman–Crippen MR) is 80.4 cm³/mol. The van der Waals surface area contributed by atoms with Crippen LogP contribution in [0, 0.1) is 10.1 Å². The fourth-order valence-corrected chi connectivity index (χ4v) is 2.55. The lowest BCUT2D eigenvalue weighted by Crippen LogP contribution is -1.90. The van der Waals surface area contributed by atoms with Gasteiger partial charge in [0.2, 0.25) is 0 Å². The number of benzene rings is 1. The highest BCUT2D eigenvalue weighted by atomic mass is 16.6. The molecule has 4 rings (SSSR count). The maximum Gasteiger partial charge on any atom is 0.270 e. The maximum atomic E-state index is 11.0. The zero-order valence-corrected chi connectivity index (χ0v) is 11.6. The third-order valence-corrected chi connectivity index (χ3v) is 3.59. The monoisotopic (exact) mass is 294 g/mol. The topological polar surface area (TPSA) is 87.0 Å². The van der Waals surface area contributed by atoms with E-state index in [2.05, 4.69) is 10.1 Å². The second-order valence-electron chi connectivity index (χ2n) is 4.95. The van der Waals surface area contributed by atoms with Crippen molar-refractivity contribution >= 4 is 27.6 Å². The van der Waals surface area contributed by atoms with Crippen LogP contribution in [0.2, 0.25) is 0 Å². The summed E-state index contributed by atoms with van der Waals surface area (Å²) in [5, 5.41) is 17.0. The maximum absolute atomic E-state index is 11.0. The molecule has 0 aliphatic carbocycles. The van der Waals surface area contributed by atoms with Gasteiger partial charge in [0.25, 0.3) is 5.69 Å². The number of nitro groups is 1. The van der Waals surface area contributed by atoms with E-state index in [1.165, 1.54) is 12.1 Å². The van der Waals surface area contributed by atoms with Crippen molar-refractivity contribution in [1.82, 2.24) is 14.8 Å². The molecule has 0 fully saturated rings. The summed E-state index contributed by atoms with van der Waals surface area (Å²) in [4.78, 5) is 14.6. The molecule has 0 unspecified atom stereocenters. The molecule has 0 aliphatic heterocycles. The van der Waals surface area contributed by atoms with E-state index in [9.17, 15) is 10.1 Å². The van der Waals surface area contributed by atoms with Gasteiger partial charge in [0, 0.05) is 42.3 Å². The minimum atomic E-state index is -0.418. The largest absolute Gasteiger partial charge is 0.454 e. The first-order valence-electron chi connectivity index (χ1n) is 6.58. The van der Waals surface area contributed by atoms with Gasteiger partial charge in [-0.1, -0.05) is 0 Å². The average molecular weight is 294 g/mol. The number of aromatic nitrogens is 3. The van der Waals surface area contributed by atoms with E-state index >= 15 is 0 Å². The van der Waals surface area contributed by atoms with Crippen molar-refractivity contribution < 1.29 is 9.34 Å². The summed E-state index contributed by atoms with van der Waals surface area (Å²) in [6.45, 7) is 0. The van der Waals surface area contributed by atoms with Crippen molar-refractivity contribution in [3.63, 3.8) is 0 Å². The van der Waals surface area contributed by atoms with E-state index in [4.69, 9.17) is 4.42 Å². The Morgan fingerprint density at radius 2 is 2.14 bits per heavy atom. The Kier molecular flexibility index (Phi) is 2.50. The average Bonchev–Trinajstić information content (AvgIpc) is 3.08. The molecule has 3 aromatic heterocycles. The summed E-state index contributed by atoms with van der Waals surface area (Å²) in [7, 11) is 1.79. The molecule has 0 spiro atoms. The van der Waals surface area contributed by atoms with E-state index in [1.807, 2.05) is 6.07 Å². The molecule has 4 aromatic rings. The van der Waals surface area contributed by atoms with Crippen LogP contribution in [0.15, 0.2) is 47.1 Å². The van der Waals surface area contributed by atoms with Crippen LogP contribution in [0.1, 0.15) is 0 Å². The number of hydrogen-bond donors (Lipinski definition) is 0. The van der Waals surface area contributed by atoms with Crippen molar-refractivity contribution in [1.29, 1.82) is 0 Å². The second-order valence-corrected chi connectivity index (χ2v) is 4.95. The van der Waals surface area contributed by atoms with Gasteiger partial charge in [-0.15, -0.1) is 0 Å². The van der Waals surface area contributed by atoms with Crippen LogP contribution < -0.4 is 0 Å². The fourth-order valence-electron chi connectivity index (χ4n) is 2.55. The number of hydrogen-bond acceptors (Lipinski definition) is 5. The number of furan rings is 1. The quantitative estimate of drug-likeness (QED) is 0.418. The molecule has 0 saturated carbocycles. The molecule has 3 heterocycles. The van der Waals surface area contributed by atoms with Gasteiger partial charge >= 0.3 is 0 Å². The number of aryl methyl sites for hydroxylation is 1. The van der Waals surface area contributed by atoms with Crippen LogP contribution in [0.5, 0.6) is 0 Å². The Morgan fingerprint density at radius 1 is 1.27 bits per heavy atom. The first kappa shape index (κ1) is 12.5. The summed E-state index contributed by atoms with van der Waals surface area (Å²) in [6.07, 6.45) is 3.35. The van der Waals surface area contributed by atoms with Crippen LogP contribution in [0.25, 0.3) is 33.3 Å². The highest BCUT2D eigenvalue weighted by molar-refractivity contribution is 5.95. The van der Waals surface area contributed by atoms with Gasteiger partial charge in [0.1, 0.15) is 11.3 Å². The molecule has 108 valence electrons. The van der Waals surface area contributed by atoms with Crippen LogP contribution in [0.4, 0.5) is 5.69 Å². The second kappa shape index (κ2) is 4.39. The van der Waals surface area contributed by atoms with Crippen molar-refractivity contribution in [2.24, 2.45) is 7.05 Å². The number of nitro benzene ring substituents is 1. The van der Waals surface area contributed by atoms with Crippen LogP contribution >= 0.6 is 0 Å². The lowest BCUT2D eigenvalue weighted by atomic mass is 10.1. The summed E-state index contributed by atoms with van der Waals surface area (Å²) in [5.41, 5.74) is 2.12. The Balaban J connectivity index is 2.00. The van der Waals surface area contributed by atoms with E-state index in [0.717, 1.165) is 10.9 Å². The third kappa shape index (κ3) is 1.76. The Morgan fingerprint density at radius 3 is 2.91 bits per heavy atom. The number of fused-ring (bicyclic) bond motifs is 2. The van der Waals surface area contributed by atoms with E-state index in [-0.39, 0.29) is 5.69 Å². The zero-order valence-electron chi connectivity index (χ0n) is 11.6. The molecule has 7 nitrogen and oxygen atoms in total. The number of rotatable bonds is 2. The molecular weight excluding hydrogens is 284 g/mol. The van der Waals surface area contributed by atoms with Crippen molar-refractivity contribution in [2.45, 2.75) is 0 Å². The lowest BCUT2D eigenvalue weighted by Gasteiger charge is -1.94. The van der Waals surface area contributed by atoms with Gasteiger partial charge in [-0.05, 0) is 18.2 Å². The van der Waals surface area contributed by atoms with Gasteiger partial charge in [-0.25, -0.2) is 0 Å². The highest BCUT2D eigenvalue weighted by Gasteiger charge is 2.17. The van der Waals surface area contributed by atoms with Crippen LogP contribution in [-0.2, 0) is 7.05 Å². The molecule has 0 aliphatic rings. The molecular formula is C15H10N4O3. The lowest BCUT2D eigenvalue weighted by molar-refractivity contribution is -0.384. The Hall–Kier alpha value is -3.22. The van der Waals surface area contributed by atoms with Gasteiger partial charge in [-0.2, -0.15) is 5.10 Å². The molecule has 1 aromatic carbocycles. The van der Waals surface area contributed by atoms with Crippen molar-refractivity contribution in [2.75, 3.05) is 0 Å². The molecule has 0 amide bonds. The highest BCUT2D eigenvalue weighted by Crippen LogP contribution is 2.33. The third-order valence-electron chi connectivity index (χ3n) is 3.59. The summed E-state index contributed by atoms with van der Waals surface area (Å²) in [5.74, 6) is 0.564. The van der Waals surface area contributed by atoms with E-state index in [1.54, 1.807) is 36.3 Å². The van der Waals surface area contributed by atoms with Crippen LogP contribution in [-0.4, -0.2) is 19.7 Å². The van der Waals surface area contributed by atoms with Crippen LogP contribution in [0.3, 0.4) is 0 Å². The zero-order chi connectivity index (χ0) is 15.3. The van der Waals surface area contributed by atoms with E-state index < -0.39 is 4.92 Å². The Labute approximate surface area is 123 Å². The molecule has 0 saturated heterocycles. The number of nitrogens with zero attached hydrogens (tertiary/aromatic N) is 4. The van der Waals surface area contributed by atoms with Gasteiger partial charge in [-0.3, -0.25) is 19.8 Å².